The minimum atomic E-state index is -0.439. The Balaban J connectivity index is 0.00000176. The topological polar surface area (TPSA) is 90.0 Å². The first-order valence-corrected chi connectivity index (χ1v) is 12.6. The van der Waals surface area contributed by atoms with Gasteiger partial charge in [-0.3, -0.25) is 19.6 Å². The predicted octanol–water partition coefficient (Wildman–Crippen LogP) is 4.66. The van der Waals surface area contributed by atoms with E-state index in [0.29, 0.717) is 27.4 Å². The highest BCUT2D eigenvalue weighted by Crippen LogP contribution is 2.35. The van der Waals surface area contributed by atoms with Gasteiger partial charge < -0.3 is 0 Å². The summed E-state index contributed by atoms with van der Waals surface area (Å²) >= 11 is 2.70. The predicted molar refractivity (Wildman–Crippen MR) is 131 cm³/mol. The quantitative estimate of drug-likeness (QED) is 0.126. The molecule has 3 rings (SSSR count). The number of halogens is 1. The van der Waals surface area contributed by atoms with Crippen molar-refractivity contribution in [2.45, 2.75) is 55.6 Å². The zero-order valence-electron chi connectivity index (χ0n) is 18.6. The smallest absolute Gasteiger partial charge is 0.263 e. The third-order valence-corrected chi connectivity index (χ3v) is 7.48. The average molecular weight is 479 g/mol. The van der Waals surface area contributed by atoms with E-state index in [1.54, 1.807) is 23.9 Å². The first kappa shape index (κ1) is 26.2. The summed E-state index contributed by atoms with van der Waals surface area (Å²) in [6.07, 6.45) is 4.43. The molecule has 2 atom stereocenters. The molecule has 2 aromatic rings. The average Bonchev–Trinajstić information content (AvgIpc) is 2.80. The second-order valence-corrected chi connectivity index (χ2v) is 9.58. The van der Waals surface area contributed by atoms with Crippen molar-refractivity contribution in [1.29, 1.82) is 0 Å². The van der Waals surface area contributed by atoms with Gasteiger partial charge in [-0.1, -0.05) is 50.9 Å². The van der Waals surface area contributed by atoms with Crippen molar-refractivity contribution in [1.82, 2.24) is 15.0 Å². The molecular formula is C23H31FN4O2S2. The molecule has 32 heavy (non-hydrogen) atoms. The number of benzene rings is 1. The maximum atomic E-state index is 14.0. The van der Waals surface area contributed by atoms with Crippen LogP contribution in [0.25, 0.3) is 5.69 Å². The van der Waals surface area contributed by atoms with Crippen molar-refractivity contribution in [3.8, 4) is 5.69 Å². The summed E-state index contributed by atoms with van der Waals surface area (Å²) in [7, 11) is 0. The third-order valence-electron chi connectivity index (χ3n) is 5.46. The zero-order valence-corrected chi connectivity index (χ0v) is 20.2. The highest BCUT2D eigenvalue weighted by atomic mass is 32.2. The van der Waals surface area contributed by atoms with Crippen LogP contribution in [0.2, 0.25) is 0 Å². The van der Waals surface area contributed by atoms with Gasteiger partial charge in [0.2, 0.25) is 5.91 Å². The van der Waals surface area contributed by atoms with E-state index in [9.17, 15) is 14.0 Å². The highest BCUT2D eigenvalue weighted by Gasteiger charge is 2.27. The van der Waals surface area contributed by atoms with Crippen molar-refractivity contribution in [2.75, 3.05) is 11.5 Å². The van der Waals surface area contributed by atoms with E-state index < -0.39 is 5.82 Å². The van der Waals surface area contributed by atoms with Gasteiger partial charge in [0, 0.05) is 0 Å². The van der Waals surface area contributed by atoms with E-state index in [4.69, 9.17) is 10.8 Å². The van der Waals surface area contributed by atoms with Gasteiger partial charge in [0.05, 0.1) is 17.0 Å². The summed E-state index contributed by atoms with van der Waals surface area (Å²) in [5.41, 5.74) is 2.96. The fraction of sp³-hybridized carbons (Fsp3) is 0.435. The monoisotopic (exact) mass is 478 g/mol. The zero-order chi connectivity index (χ0) is 23.7. The number of nitrogens with two attached hydrogens (primary N) is 1. The molecule has 9 heteroatoms. The lowest BCUT2D eigenvalue weighted by Gasteiger charge is -2.25. The number of hydrogen-bond donors (Lipinski definition) is 2. The summed E-state index contributed by atoms with van der Waals surface area (Å²) < 4.78 is 15.4. The van der Waals surface area contributed by atoms with E-state index in [1.807, 2.05) is 0 Å². The number of thioether (sulfide) groups is 2. The minimum absolute atomic E-state index is 0.00760. The Labute approximate surface area is 197 Å². The van der Waals surface area contributed by atoms with Crippen LogP contribution in [0.15, 0.2) is 52.4 Å². The maximum Gasteiger partial charge on any atom is 0.263 e. The SMILES string of the molecule is C=C.CC1CCCCCSc2nc(SCC(=O)NN)n(-c3cccc(F)c3)c(=O)c2C1C. The molecular weight excluding hydrogens is 447 g/mol. The van der Waals surface area contributed by atoms with Gasteiger partial charge in [0.1, 0.15) is 10.8 Å². The lowest BCUT2D eigenvalue weighted by Crippen LogP contribution is -2.32. The number of nitrogens with zero attached hydrogens (tertiary/aromatic N) is 2. The molecule has 2 heterocycles. The molecule has 3 N–H and O–H groups in total. The van der Waals surface area contributed by atoms with Crippen LogP contribution in [-0.2, 0) is 4.79 Å². The van der Waals surface area contributed by atoms with Gasteiger partial charge in [0.25, 0.3) is 5.56 Å². The van der Waals surface area contributed by atoms with E-state index in [-0.39, 0.29) is 23.1 Å². The van der Waals surface area contributed by atoms with Gasteiger partial charge in [-0.2, -0.15) is 0 Å². The van der Waals surface area contributed by atoms with E-state index in [1.165, 1.54) is 16.7 Å². The molecule has 6 nitrogen and oxygen atoms in total. The second kappa shape index (κ2) is 12.8. The fourth-order valence-electron chi connectivity index (χ4n) is 3.56. The molecule has 1 aromatic carbocycles. The Kier molecular flexibility index (Phi) is 10.5. The Bertz CT molecular complexity index is 983. The summed E-state index contributed by atoms with van der Waals surface area (Å²) in [5, 5.41) is 1.07. The molecule has 0 saturated carbocycles. The Morgan fingerprint density at radius 1 is 1.34 bits per heavy atom. The van der Waals surface area contributed by atoms with Crippen LogP contribution in [0, 0.1) is 11.7 Å². The van der Waals surface area contributed by atoms with Gasteiger partial charge in [-0.25, -0.2) is 15.2 Å². The van der Waals surface area contributed by atoms with Crippen LogP contribution in [0.3, 0.4) is 0 Å². The van der Waals surface area contributed by atoms with Gasteiger partial charge in [-0.15, -0.1) is 24.9 Å². The van der Waals surface area contributed by atoms with Crippen molar-refractivity contribution in [2.24, 2.45) is 11.8 Å². The number of carbonyl (C=O) groups is 1. The number of nitrogens with one attached hydrogen (secondary N) is 1. The Morgan fingerprint density at radius 2 is 2.09 bits per heavy atom. The molecule has 0 radical (unpaired) electrons. The first-order valence-electron chi connectivity index (χ1n) is 10.6. The molecule has 0 aliphatic carbocycles. The highest BCUT2D eigenvalue weighted by molar-refractivity contribution is 8.00. The second-order valence-electron chi connectivity index (χ2n) is 7.55. The van der Waals surface area contributed by atoms with Crippen molar-refractivity contribution in [3.63, 3.8) is 0 Å². The number of fused-ring (bicyclic) bond motifs is 1. The normalized spacial score (nSPS) is 18.6. The van der Waals surface area contributed by atoms with Crippen LogP contribution < -0.4 is 16.8 Å². The molecule has 1 aromatic heterocycles. The first-order chi connectivity index (χ1) is 15.4. The third kappa shape index (κ3) is 6.46. The van der Waals surface area contributed by atoms with E-state index in [0.717, 1.165) is 43.2 Å². The van der Waals surface area contributed by atoms with Crippen molar-refractivity contribution < 1.29 is 9.18 Å². The summed E-state index contributed by atoms with van der Waals surface area (Å²) in [4.78, 5) is 30.2. The van der Waals surface area contributed by atoms with Crippen molar-refractivity contribution in [3.05, 3.63) is 59.2 Å². The molecule has 0 saturated heterocycles. The molecule has 0 spiro atoms. The van der Waals surface area contributed by atoms with Gasteiger partial charge in [-0.05, 0) is 42.2 Å². The Hall–Kier alpha value is -2.10. The van der Waals surface area contributed by atoms with Crippen LogP contribution in [-0.4, -0.2) is 27.0 Å². The molecule has 2 unspecified atom stereocenters. The number of rotatable bonds is 4. The van der Waals surface area contributed by atoms with E-state index >= 15 is 0 Å². The van der Waals surface area contributed by atoms with Gasteiger partial charge >= 0.3 is 0 Å². The molecule has 1 amide bonds. The largest absolute Gasteiger partial charge is 0.294 e. The van der Waals surface area contributed by atoms with Crippen LogP contribution >= 0.6 is 23.5 Å². The summed E-state index contributed by atoms with van der Waals surface area (Å²) in [5.74, 6) is 5.63. The molecule has 0 fully saturated rings. The number of aromatic nitrogens is 2. The Morgan fingerprint density at radius 3 is 2.78 bits per heavy atom. The van der Waals surface area contributed by atoms with Crippen LogP contribution in [0.4, 0.5) is 4.39 Å². The summed E-state index contributed by atoms with van der Waals surface area (Å²) in [6, 6.07) is 5.88. The standard InChI is InChI=1S/C21H27FN4O2S2.C2H4/c1-13-7-4-3-5-10-29-19-18(14(13)2)20(28)26(16-9-6-8-15(22)11-16)21(24-19)30-12-17(27)25-23;1-2/h6,8-9,11,13-14H,3-5,7,10,12,23H2,1-2H3,(H,25,27);1-2H2. The maximum absolute atomic E-state index is 14.0. The molecule has 174 valence electrons. The molecule has 0 bridgehead atoms. The fourth-order valence-corrected chi connectivity index (χ4v) is 5.55. The molecule has 1 aliphatic heterocycles. The number of carbonyl (C=O) groups excluding carboxylic acids is 1. The van der Waals surface area contributed by atoms with E-state index in [2.05, 4.69) is 32.4 Å². The van der Waals surface area contributed by atoms with Crippen LogP contribution in [0.1, 0.15) is 51.0 Å². The molecule has 1 aliphatic rings. The van der Waals surface area contributed by atoms with Gasteiger partial charge in [0.15, 0.2) is 5.16 Å². The lowest BCUT2D eigenvalue weighted by molar-refractivity contribution is -0.118. The summed E-state index contributed by atoms with van der Waals surface area (Å²) in [6.45, 7) is 10.2. The number of hydrogen-bond acceptors (Lipinski definition) is 6. The number of hydrazine groups is 1. The van der Waals surface area contributed by atoms with Crippen LogP contribution in [0.5, 0.6) is 0 Å². The lowest BCUT2D eigenvalue weighted by atomic mass is 9.86. The number of amides is 1. The minimum Gasteiger partial charge on any atom is -0.294 e. The van der Waals surface area contributed by atoms with Crippen molar-refractivity contribution >= 4 is 29.4 Å².